The van der Waals surface area contributed by atoms with Crippen molar-refractivity contribution in [2.24, 2.45) is 0 Å². The van der Waals surface area contributed by atoms with Gasteiger partial charge in [-0.15, -0.1) is 0 Å². The van der Waals surface area contributed by atoms with Gasteiger partial charge in [-0.25, -0.2) is 13.7 Å². The van der Waals surface area contributed by atoms with Gasteiger partial charge in [0.05, 0.1) is 13.2 Å². The molecule has 0 aromatic carbocycles. The molecule has 5 N–H and O–H groups in total. The lowest BCUT2D eigenvalue weighted by atomic mass is 10.2. The van der Waals surface area contributed by atoms with E-state index < -0.39 is 42.3 Å². The Hall–Kier alpha value is 0.330. The molecule has 1 heterocycles. The third-order valence-corrected chi connectivity index (χ3v) is 5.74. The summed E-state index contributed by atoms with van der Waals surface area (Å²) in [7, 11) is -16.2. The molecule has 1 radical (unpaired) electrons. The first-order chi connectivity index (χ1) is 8.94. The molecule has 1 aliphatic heterocycles. The van der Waals surface area contributed by atoms with Crippen molar-refractivity contribution in [3.05, 3.63) is 6.61 Å². The highest BCUT2D eigenvalue weighted by molar-refractivity contribution is 7.66. The van der Waals surface area contributed by atoms with Crippen LogP contribution in [0, 0.1) is 6.61 Å². The summed E-state index contributed by atoms with van der Waals surface area (Å²) in [6.07, 6.45) is -2.15. The van der Waals surface area contributed by atoms with Crippen molar-refractivity contribution >= 4 is 23.5 Å². The van der Waals surface area contributed by atoms with Crippen LogP contribution in [0.4, 0.5) is 0 Å². The zero-order chi connectivity index (χ0) is 15.6. The van der Waals surface area contributed by atoms with Crippen molar-refractivity contribution < 1.29 is 56.3 Å². The van der Waals surface area contributed by atoms with Crippen molar-refractivity contribution in [2.45, 2.75) is 18.6 Å². The molecule has 0 amide bonds. The van der Waals surface area contributed by atoms with Crippen LogP contribution in [0.1, 0.15) is 6.42 Å². The highest BCUT2D eigenvalue weighted by Crippen LogP contribution is 2.66. The second kappa shape index (κ2) is 6.62. The van der Waals surface area contributed by atoms with Gasteiger partial charge in [-0.2, -0.15) is 8.62 Å². The summed E-state index contributed by atoms with van der Waals surface area (Å²) >= 11 is 0. The van der Waals surface area contributed by atoms with Gasteiger partial charge in [0.25, 0.3) is 0 Å². The Morgan fingerprint density at radius 3 is 2.20 bits per heavy atom. The van der Waals surface area contributed by atoms with Gasteiger partial charge >= 0.3 is 23.5 Å². The Kier molecular flexibility index (Phi) is 6.08. The number of ether oxygens (including phenoxy) is 1. The Morgan fingerprint density at radius 2 is 1.70 bits per heavy atom. The summed E-state index contributed by atoms with van der Waals surface area (Å²) in [5.74, 6) is 0. The summed E-state index contributed by atoms with van der Waals surface area (Å²) in [4.78, 5) is 34.8. The topological polar surface area (TPSA) is 189 Å². The predicted octanol–water partition coefficient (Wildman–Crippen LogP) is -0.359. The number of phosphoric ester groups is 1. The normalized spacial score (nSPS) is 29.9. The largest absolute Gasteiger partial charge is 0.490 e. The zero-order valence-corrected chi connectivity index (χ0v) is 12.3. The highest BCUT2D eigenvalue weighted by atomic mass is 31.3. The molecule has 1 fully saturated rings. The number of hydrogen-bond donors (Lipinski definition) is 5. The molecule has 0 aliphatic carbocycles. The maximum Gasteiger partial charge on any atom is 0.490 e. The van der Waals surface area contributed by atoms with Crippen LogP contribution in [0.2, 0.25) is 0 Å². The van der Waals surface area contributed by atoms with Crippen LogP contribution < -0.4 is 0 Å². The van der Waals surface area contributed by atoms with E-state index in [-0.39, 0.29) is 6.42 Å². The average Bonchev–Trinajstić information content (AvgIpc) is 2.57. The lowest BCUT2D eigenvalue weighted by Gasteiger charge is -2.21. The minimum Gasteiger partial charge on any atom is -0.394 e. The van der Waals surface area contributed by atoms with E-state index in [0.29, 0.717) is 0 Å². The number of phosphoric acid groups is 3. The number of rotatable bonds is 7. The summed E-state index contributed by atoms with van der Waals surface area (Å²) in [5.41, 5.74) is 0. The van der Waals surface area contributed by atoms with E-state index >= 15 is 0 Å². The van der Waals surface area contributed by atoms with Gasteiger partial charge in [-0.1, -0.05) is 0 Å². The Bertz CT molecular complexity index is 470. The molecule has 12 nitrogen and oxygen atoms in total. The Balaban J connectivity index is 2.67. The fourth-order valence-electron chi connectivity index (χ4n) is 1.25. The van der Waals surface area contributed by atoms with Gasteiger partial charge in [0.15, 0.2) is 0 Å². The van der Waals surface area contributed by atoms with Crippen molar-refractivity contribution in [1.29, 1.82) is 0 Å². The Labute approximate surface area is 112 Å². The van der Waals surface area contributed by atoms with Crippen LogP contribution in [0.25, 0.3) is 0 Å². The molecule has 0 aromatic heterocycles. The lowest BCUT2D eigenvalue weighted by molar-refractivity contribution is 0.0154. The smallest absolute Gasteiger partial charge is 0.394 e. The SMILES string of the molecule is O=P(O)(O)OP(=O)(O)OP(=O)(O)O[C@H]1C[CH]O[C@@H]1CO. The summed E-state index contributed by atoms with van der Waals surface area (Å²) in [6, 6.07) is 0. The van der Waals surface area contributed by atoms with E-state index in [1.807, 2.05) is 0 Å². The number of hydrogen-bond acceptors (Lipinski definition) is 8. The quantitative estimate of drug-likeness (QED) is 0.373. The summed E-state index contributed by atoms with van der Waals surface area (Å²) < 4.78 is 49.2. The van der Waals surface area contributed by atoms with Gasteiger partial charge in [-0.05, 0) is 0 Å². The van der Waals surface area contributed by atoms with Crippen LogP contribution in [0.5, 0.6) is 0 Å². The fourth-order valence-corrected chi connectivity index (χ4v) is 4.48. The van der Waals surface area contributed by atoms with Crippen LogP contribution in [-0.4, -0.2) is 43.5 Å². The minimum absolute atomic E-state index is 0.0196. The standard InChI is InChI=1S/C5H12O12P3/c6-3-5-4(1-2-14-5)15-19(10,11)17-20(12,13)16-18(7,8)9/h2,4-6H,1,3H2,(H,10,11)(H,12,13)(H2,7,8,9)/t4-,5+/m0/s1. The van der Waals surface area contributed by atoms with Gasteiger partial charge in [-0.3, -0.25) is 4.52 Å². The second-order valence-corrected chi connectivity index (χ2v) is 7.87. The molecule has 4 atom stereocenters. The van der Waals surface area contributed by atoms with Gasteiger partial charge in [0, 0.05) is 6.42 Å². The highest BCUT2D eigenvalue weighted by Gasteiger charge is 2.43. The first-order valence-electron chi connectivity index (χ1n) is 4.84. The number of aliphatic hydroxyl groups is 1. The first kappa shape index (κ1) is 18.4. The van der Waals surface area contributed by atoms with E-state index in [1.165, 1.54) is 6.61 Å². The van der Waals surface area contributed by atoms with Crippen molar-refractivity contribution in [2.75, 3.05) is 6.61 Å². The third-order valence-electron chi connectivity index (χ3n) is 1.88. The molecule has 1 rings (SSSR count). The molecule has 1 saturated heterocycles. The van der Waals surface area contributed by atoms with E-state index in [4.69, 9.17) is 24.5 Å². The molecule has 0 saturated carbocycles. The van der Waals surface area contributed by atoms with E-state index in [9.17, 15) is 18.6 Å². The third kappa shape index (κ3) is 6.40. The van der Waals surface area contributed by atoms with Crippen LogP contribution >= 0.6 is 23.5 Å². The van der Waals surface area contributed by atoms with Crippen LogP contribution in [0.3, 0.4) is 0 Å². The minimum atomic E-state index is -5.54. The Morgan fingerprint density at radius 1 is 1.10 bits per heavy atom. The van der Waals surface area contributed by atoms with Gasteiger partial charge < -0.3 is 29.4 Å². The maximum atomic E-state index is 11.4. The molecule has 20 heavy (non-hydrogen) atoms. The molecule has 119 valence electrons. The average molecular weight is 357 g/mol. The molecule has 15 heteroatoms. The predicted molar refractivity (Wildman–Crippen MR) is 59.6 cm³/mol. The van der Waals surface area contributed by atoms with E-state index in [1.54, 1.807) is 0 Å². The zero-order valence-electron chi connectivity index (χ0n) is 9.58. The van der Waals surface area contributed by atoms with Crippen molar-refractivity contribution in [3.8, 4) is 0 Å². The molecule has 0 bridgehead atoms. The molecular weight excluding hydrogens is 345 g/mol. The molecular formula is C5H12O12P3. The molecule has 0 spiro atoms. The van der Waals surface area contributed by atoms with Gasteiger partial charge in [0.2, 0.25) is 0 Å². The molecule has 0 aromatic rings. The maximum absolute atomic E-state index is 11.4. The van der Waals surface area contributed by atoms with Gasteiger partial charge in [0.1, 0.15) is 12.2 Å². The lowest BCUT2D eigenvalue weighted by Crippen LogP contribution is -2.27. The van der Waals surface area contributed by atoms with E-state index in [0.717, 1.165) is 0 Å². The summed E-state index contributed by atoms with van der Waals surface area (Å²) in [6.45, 7) is 0.618. The fraction of sp³-hybridized carbons (Fsp3) is 0.800. The van der Waals surface area contributed by atoms with Crippen LogP contribution in [-0.2, 0) is 31.6 Å². The monoisotopic (exact) mass is 357 g/mol. The van der Waals surface area contributed by atoms with E-state index in [2.05, 4.69) is 13.1 Å². The van der Waals surface area contributed by atoms with Crippen molar-refractivity contribution in [3.63, 3.8) is 0 Å². The summed E-state index contributed by atoms with van der Waals surface area (Å²) in [5, 5.41) is 8.85. The molecule has 1 aliphatic rings. The number of aliphatic hydroxyl groups excluding tert-OH is 1. The molecule has 2 unspecified atom stereocenters. The first-order valence-corrected chi connectivity index (χ1v) is 9.36. The van der Waals surface area contributed by atoms with Crippen molar-refractivity contribution in [1.82, 2.24) is 0 Å². The second-order valence-electron chi connectivity index (χ2n) is 3.49. The van der Waals surface area contributed by atoms with Crippen LogP contribution in [0.15, 0.2) is 0 Å².